The number of nitrogens with zero attached hydrogens (tertiary/aromatic N) is 1. The Hall–Kier alpha value is -1.52. The van der Waals surface area contributed by atoms with Crippen molar-refractivity contribution in [3.05, 3.63) is 39.6 Å². The average molecular weight is 271 g/mol. The zero-order valence-electron chi connectivity index (χ0n) is 8.79. The van der Waals surface area contributed by atoms with Gasteiger partial charge in [0.1, 0.15) is 5.82 Å². The predicted octanol–water partition coefficient (Wildman–Crippen LogP) is 3.39. The number of halogens is 2. The molecule has 1 heterocycles. The molecule has 1 aromatic heterocycles. The van der Waals surface area contributed by atoms with Gasteiger partial charge in [-0.2, -0.15) is 0 Å². The molecule has 0 aliphatic carbocycles. The number of aryl methyl sites for hydroxylation is 1. The van der Waals surface area contributed by atoms with Gasteiger partial charge in [-0.3, -0.25) is 0 Å². The van der Waals surface area contributed by atoms with Crippen LogP contribution >= 0.6 is 23.2 Å². The van der Waals surface area contributed by atoms with Gasteiger partial charge in [-0.05, 0) is 19.1 Å². The number of aromatic amines is 1. The Morgan fingerprint density at radius 2 is 2.12 bits per heavy atom. The number of carbonyl (C=O) groups is 1. The lowest BCUT2D eigenvalue weighted by molar-refractivity contribution is 0.0690. The maximum Gasteiger partial charge on any atom is 0.356 e. The summed E-state index contributed by atoms with van der Waals surface area (Å²) in [6.45, 7) is 1.64. The zero-order chi connectivity index (χ0) is 12.6. The van der Waals surface area contributed by atoms with E-state index in [9.17, 15) is 4.79 Å². The van der Waals surface area contributed by atoms with Crippen LogP contribution < -0.4 is 0 Å². The average Bonchev–Trinajstić information content (AvgIpc) is 2.64. The van der Waals surface area contributed by atoms with Crippen LogP contribution in [0, 0.1) is 6.92 Å². The quantitative estimate of drug-likeness (QED) is 0.879. The van der Waals surface area contributed by atoms with E-state index in [1.165, 1.54) is 0 Å². The van der Waals surface area contributed by atoms with Gasteiger partial charge in [0.25, 0.3) is 0 Å². The van der Waals surface area contributed by atoms with Gasteiger partial charge in [0.15, 0.2) is 5.69 Å². The number of aromatic nitrogens is 2. The third-order valence-electron chi connectivity index (χ3n) is 2.29. The third-order valence-corrected chi connectivity index (χ3v) is 3.11. The van der Waals surface area contributed by atoms with Crippen molar-refractivity contribution in [2.45, 2.75) is 6.92 Å². The first-order chi connectivity index (χ1) is 8.00. The van der Waals surface area contributed by atoms with Crippen LogP contribution in [0.1, 0.15) is 16.2 Å². The van der Waals surface area contributed by atoms with E-state index in [0.29, 0.717) is 27.1 Å². The molecule has 4 nitrogen and oxygen atoms in total. The largest absolute Gasteiger partial charge is 0.476 e. The van der Waals surface area contributed by atoms with Gasteiger partial charge in [0.2, 0.25) is 0 Å². The molecular weight excluding hydrogens is 263 g/mol. The molecule has 0 amide bonds. The van der Waals surface area contributed by atoms with Crippen LogP contribution in [0.15, 0.2) is 18.2 Å². The molecule has 88 valence electrons. The Bertz CT molecular complexity index is 593. The van der Waals surface area contributed by atoms with Crippen LogP contribution in [0.3, 0.4) is 0 Å². The molecule has 0 spiro atoms. The smallest absolute Gasteiger partial charge is 0.356 e. The van der Waals surface area contributed by atoms with Crippen LogP contribution in [-0.2, 0) is 0 Å². The molecular formula is C11H8Cl2N2O2. The number of H-pyrrole nitrogens is 1. The highest BCUT2D eigenvalue weighted by Crippen LogP contribution is 2.32. The number of rotatable bonds is 2. The van der Waals surface area contributed by atoms with Crippen molar-refractivity contribution in [2.75, 3.05) is 0 Å². The van der Waals surface area contributed by atoms with Gasteiger partial charge in [-0.25, -0.2) is 9.78 Å². The first kappa shape index (κ1) is 12.0. The topological polar surface area (TPSA) is 66.0 Å². The monoisotopic (exact) mass is 270 g/mol. The van der Waals surface area contributed by atoms with Crippen molar-refractivity contribution >= 4 is 29.2 Å². The molecule has 6 heteroatoms. The summed E-state index contributed by atoms with van der Waals surface area (Å²) in [5.74, 6) is -0.685. The number of aromatic carboxylic acids is 1. The van der Waals surface area contributed by atoms with Gasteiger partial charge in [0.05, 0.1) is 10.0 Å². The standard InChI is InChI=1S/C11H8Cl2N2O2/c1-5-9(11(16)17)15-10(14-5)6-3-2-4-7(12)8(6)13/h2-4H,1H3,(H,14,15)(H,16,17). The maximum absolute atomic E-state index is 10.9. The maximum atomic E-state index is 10.9. The van der Waals surface area contributed by atoms with E-state index >= 15 is 0 Å². The highest BCUT2D eigenvalue weighted by Gasteiger charge is 2.16. The first-order valence-electron chi connectivity index (χ1n) is 4.75. The van der Waals surface area contributed by atoms with Crippen molar-refractivity contribution in [1.29, 1.82) is 0 Å². The number of imidazole rings is 1. The van der Waals surface area contributed by atoms with Crippen molar-refractivity contribution in [3.8, 4) is 11.4 Å². The van der Waals surface area contributed by atoms with E-state index < -0.39 is 5.97 Å². The van der Waals surface area contributed by atoms with E-state index in [-0.39, 0.29) is 5.69 Å². The summed E-state index contributed by atoms with van der Waals surface area (Å²) in [6.07, 6.45) is 0. The Labute approximate surface area is 107 Å². The minimum absolute atomic E-state index is 0.0176. The van der Waals surface area contributed by atoms with Crippen LogP contribution in [0.25, 0.3) is 11.4 Å². The zero-order valence-corrected chi connectivity index (χ0v) is 10.3. The second kappa shape index (κ2) is 4.39. The van der Waals surface area contributed by atoms with Crippen molar-refractivity contribution in [2.24, 2.45) is 0 Å². The van der Waals surface area contributed by atoms with E-state index in [0.717, 1.165) is 0 Å². The molecule has 0 saturated heterocycles. The molecule has 2 N–H and O–H groups in total. The highest BCUT2D eigenvalue weighted by atomic mass is 35.5. The molecule has 0 atom stereocenters. The first-order valence-corrected chi connectivity index (χ1v) is 5.50. The lowest BCUT2D eigenvalue weighted by Gasteiger charge is -2.01. The van der Waals surface area contributed by atoms with E-state index in [1.807, 2.05) is 0 Å². The second-order valence-electron chi connectivity index (χ2n) is 3.47. The predicted molar refractivity (Wildman–Crippen MR) is 65.7 cm³/mol. The third kappa shape index (κ3) is 2.14. The number of carboxylic acids is 1. The summed E-state index contributed by atoms with van der Waals surface area (Å²) < 4.78 is 0. The molecule has 0 saturated carbocycles. The van der Waals surface area contributed by atoms with Crippen LogP contribution in [0.2, 0.25) is 10.0 Å². The Balaban J connectivity index is 2.58. The molecule has 0 unspecified atom stereocenters. The van der Waals surface area contributed by atoms with Crippen LogP contribution in [0.5, 0.6) is 0 Å². The molecule has 0 fully saturated rings. The fourth-order valence-corrected chi connectivity index (χ4v) is 1.87. The van der Waals surface area contributed by atoms with Gasteiger partial charge in [0, 0.05) is 11.3 Å². The molecule has 1 aromatic carbocycles. The van der Waals surface area contributed by atoms with E-state index in [1.54, 1.807) is 25.1 Å². The lowest BCUT2D eigenvalue weighted by atomic mass is 10.2. The summed E-state index contributed by atoms with van der Waals surface area (Å²) in [7, 11) is 0. The molecule has 0 aliphatic heterocycles. The minimum Gasteiger partial charge on any atom is -0.476 e. The summed E-state index contributed by atoms with van der Waals surface area (Å²) in [4.78, 5) is 17.7. The van der Waals surface area contributed by atoms with Gasteiger partial charge in [-0.15, -0.1) is 0 Å². The van der Waals surface area contributed by atoms with Gasteiger partial charge in [-0.1, -0.05) is 29.3 Å². The van der Waals surface area contributed by atoms with Crippen LogP contribution in [-0.4, -0.2) is 21.0 Å². The number of hydrogen-bond donors (Lipinski definition) is 2. The minimum atomic E-state index is -1.08. The lowest BCUT2D eigenvalue weighted by Crippen LogP contribution is -1.98. The number of benzene rings is 1. The van der Waals surface area contributed by atoms with Crippen molar-refractivity contribution < 1.29 is 9.90 Å². The summed E-state index contributed by atoms with van der Waals surface area (Å²) >= 11 is 11.9. The second-order valence-corrected chi connectivity index (χ2v) is 4.25. The Morgan fingerprint density at radius 1 is 1.41 bits per heavy atom. The summed E-state index contributed by atoms with van der Waals surface area (Å²) in [6, 6.07) is 5.10. The van der Waals surface area contributed by atoms with Crippen LogP contribution in [0.4, 0.5) is 0 Å². The highest BCUT2D eigenvalue weighted by molar-refractivity contribution is 6.43. The fraction of sp³-hybridized carbons (Fsp3) is 0.0909. The van der Waals surface area contributed by atoms with E-state index in [2.05, 4.69) is 9.97 Å². The van der Waals surface area contributed by atoms with Gasteiger partial charge < -0.3 is 10.1 Å². The molecule has 0 bridgehead atoms. The Kier molecular flexibility index (Phi) is 3.09. The van der Waals surface area contributed by atoms with Gasteiger partial charge >= 0.3 is 5.97 Å². The molecule has 0 radical (unpaired) electrons. The fourth-order valence-electron chi connectivity index (χ4n) is 1.48. The summed E-state index contributed by atoms with van der Waals surface area (Å²) in [5, 5.41) is 9.65. The Morgan fingerprint density at radius 3 is 2.71 bits per heavy atom. The molecule has 17 heavy (non-hydrogen) atoms. The number of nitrogens with one attached hydrogen (secondary N) is 1. The van der Waals surface area contributed by atoms with E-state index in [4.69, 9.17) is 28.3 Å². The normalized spacial score (nSPS) is 10.5. The number of carboxylic acid groups (broad SMARTS) is 1. The van der Waals surface area contributed by atoms with Crippen molar-refractivity contribution in [1.82, 2.24) is 9.97 Å². The SMILES string of the molecule is Cc1[nH]c(-c2cccc(Cl)c2Cl)nc1C(=O)O. The molecule has 0 aliphatic rings. The summed E-state index contributed by atoms with van der Waals surface area (Å²) in [5.41, 5.74) is 1.04. The molecule has 2 aromatic rings. The number of hydrogen-bond acceptors (Lipinski definition) is 2. The molecule has 2 rings (SSSR count). The van der Waals surface area contributed by atoms with Crippen molar-refractivity contribution in [3.63, 3.8) is 0 Å².